The Morgan fingerprint density at radius 2 is 2.56 bits per heavy atom. The van der Waals surface area contributed by atoms with E-state index in [4.69, 9.17) is 0 Å². The van der Waals surface area contributed by atoms with Crippen LogP contribution in [0.2, 0.25) is 0 Å². The van der Waals surface area contributed by atoms with Gasteiger partial charge in [-0.05, 0) is 25.3 Å². The molecule has 0 amide bonds. The second-order valence-corrected chi connectivity index (χ2v) is 2.45. The normalized spacial score (nSPS) is 17.3. The molecule has 0 aliphatic carbocycles. The number of aromatic nitrogens is 2. The summed E-state index contributed by atoms with van der Waals surface area (Å²) < 4.78 is 2.05. The van der Waals surface area contributed by atoms with Crippen molar-refractivity contribution >= 4 is 0 Å². The number of nitrogens with zero attached hydrogens (tertiary/aromatic N) is 2. The predicted molar refractivity (Wildman–Crippen MR) is 34.0 cm³/mol. The molecule has 1 radical (unpaired) electrons. The molecule has 2 heterocycles. The largest absolute Gasteiger partial charge is 0.269 e. The lowest BCUT2D eigenvalue weighted by Gasteiger charge is -2.11. The van der Waals surface area contributed by atoms with Crippen LogP contribution in [0.4, 0.5) is 0 Å². The van der Waals surface area contributed by atoms with Crippen molar-refractivity contribution in [3.63, 3.8) is 0 Å². The first kappa shape index (κ1) is 5.03. The van der Waals surface area contributed by atoms with E-state index < -0.39 is 0 Å². The van der Waals surface area contributed by atoms with E-state index >= 15 is 0 Å². The number of hydrogen-bond acceptors (Lipinski definition) is 1. The first-order valence-electron chi connectivity index (χ1n) is 3.39. The summed E-state index contributed by atoms with van der Waals surface area (Å²) in [6.45, 7) is 1.10. The van der Waals surface area contributed by atoms with Crippen molar-refractivity contribution < 1.29 is 0 Å². The Labute approximate surface area is 54.5 Å². The maximum absolute atomic E-state index is 4.05. The van der Waals surface area contributed by atoms with Crippen LogP contribution in [0.3, 0.4) is 0 Å². The molecule has 2 nitrogen and oxygen atoms in total. The molecular weight excluding hydrogens is 112 g/mol. The molecule has 0 aromatic carbocycles. The van der Waals surface area contributed by atoms with Crippen molar-refractivity contribution in [1.82, 2.24) is 9.78 Å². The highest BCUT2D eigenvalue weighted by Crippen LogP contribution is 2.11. The molecule has 0 unspecified atom stereocenters. The summed E-state index contributed by atoms with van der Waals surface area (Å²) in [5.74, 6) is 0. The molecule has 1 aliphatic rings. The van der Waals surface area contributed by atoms with Crippen LogP contribution in [0.15, 0.2) is 6.07 Å². The maximum Gasteiger partial charge on any atom is 0.113 e. The van der Waals surface area contributed by atoms with Crippen LogP contribution in [0.25, 0.3) is 0 Å². The predicted octanol–water partition coefficient (Wildman–Crippen LogP) is 1.02. The molecule has 0 atom stereocenters. The van der Waals surface area contributed by atoms with E-state index in [0.29, 0.717) is 0 Å². The van der Waals surface area contributed by atoms with Crippen molar-refractivity contribution in [1.29, 1.82) is 0 Å². The number of hydrogen-bond donors (Lipinski definition) is 0. The van der Waals surface area contributed by atoms with Crippen molar-refractivity contribution in [2.24, 2.45) is 0 Å². The minimum Gasteiger partial charge on any atom is -0.269 e. The Kier molecular flexibility index (Phi) is 1.04. The van der Waals surface area contributed by atoms with Gasteiger partial charge < -0.3 is 0 Å². The quantitative estimate of drug-likeness (QED) is 0.501. The smallest absolute Gasteiger partial charge is 0.113 e. The molecule has 0 N–H and O–H groups in total. The van der Waals surface area contributed by atoms with Gasteiger partial charge in [0.1, 0.15) is 6.20 Å². The summed E-state index contributed by atoms with van der Waals surface area (Å²) in [6.07, 6.45) is 6.64. The molecule has 0 bridgehead atoms. The fourth-order valence-corrected chi connectivity index (χ4v) is 1.27. The fraction of sp³-hybridized carbons (Fsp3) is 0.571. The number of rotatable bonds is 0. The van der Waals surface area contributed by atoms with Crippen molar-refractivity contribution in [3.05, 3.63) is 18.0 Å². The molecule has 2 heteroatoms. The highest BCUT2D eigenvalue weighted by molar-refractivity contribution is 5.01. The lowest BCUT2D eigenvalue weighted by Crippen LogP contribution is -2.10. The van der Waals surface area contributed by atoms with Crippen LogP contribution < -0.4 is 0 Å². The molecular formula is C7H9N2. The standard InChI is InChI=1S/C7H9N2/c1-2-6-9-7(3-1)4-5-8-9/h4H,1-3,6H2. The third kappa shape index (κ3) is 0.745. The van der Waals surface area contributed by atoms with Crippen molar-refractivity contribution in [3.8, 4) is 0 Å². The van der Waals surface area contributed by atoms with Crippen LogP contribution in [-0.4, -0.2) is 9.78 Å². The summed E-state index contributed by atoms with van der Waals surface area (Å²) in [6, 6.07) is 1.99. The Hall–Kier alpha value is -0.790. The Bertz CT molecular complexity index is 182. The van der Waals surface area contributed by atoms with Crippen LogP contribution in [0, 0.1) is 6.20 Å². The number of aryl methyl sites for hydroxylation is 2. The first-order valence-corrected chi connectivity index (χ1v) is 3.39. The van der Waals surface area contributed by atoms with E-state index in [9.17, 15) is 0 Å². The second kappa shape index (κ2) is 1.87. The van der Waals surface area contributed by atoms with E-state index in [2.05, 4.69) is 11.3 Å². The molecule has 0 spiro atoms. The topological polar surface area (TPSA) is 17.8 Å². The van der Waals surface area contributed by atoms with Crippen LogP contribution in [-0.2, 0) is 13.0 Å². The SMILES string of the molecule is [c]1cc2n(n1)CCCC2. The van der Waals surface area contributed by atoms with Gasteiger partial charge in [-0.3, -0.25) is 4.68 Å². The van der Waals surface area contributed by atoms with E-state index in [1.54, 1.807) is 0 Å². The minimum absolute atomic E-state index is 1.10. The van der Waals surface area contributed by atoms with Gasteiger partial charge in [0.05, 0.1) is 0 Å². The van der Waals surface area contributed by atoms with Gasteiger partial charge in [-0.25, -0.2) is 0 Å². The third-order valence-electron chi connectivity index (χ3n) is 1.79. The Morgan fingerprint density at radius 3 is 3.44 bits per heavy atom. The average Bonchev–Trinajstić information content (AvgIpc) is 2.33. The van der Waals surface area contributed by atoms with Crippen LogP contribution in [0.1, 0.15) is 18.5 Å². The minimum atomic E-state index is 1.10. The zero-order valence-electron chi connectivity index (χ0n) is 5.30. The maximum atomic E-state index is 4.05. The molecule has 0 saturated carbocycles. The van der Waals surface area contributed by atoms with Gasteiger partial charge in [-0.2, -0.15) is 5.10 Å². The van der Waals surface area contributed by atoms with Crippen molar-refractivity contribution in [2.45, 2.75) is 25.8 Å². The molecule has 1 aliphatic heterocycles. The Balaban J connectivity index is 2.39. The molecule has 2 rings (SSSR count). The lowest BCUT2D eigenvalue weighted by atomic mass is 10.1. The van der Waals surface area contributed by atoms with Gasteiger partial charge in [-0.1, -0.05) is 0 Å². The highest BCUT2D eigenvalue weighted by atomic mass is 15.3. The van der Waals surface area contributed by atoms with Crippen molar-refractivity contribution in [2.75, 3.05) is 0 Å². The summed E-state index contributed by atoms with van der Waals surface area (Å²) >= 11 is 0. The monoisotopic (exact) mass is 121 g/mol. The van der Waals surface area contributed by atoms with E-state index in [-0.39, 0.29) is 0 Å². The van der Waals surface area contributed by atoms with E-state index in [1.807, 2.05) is 10.7 Å². The number of fused-ring (bicyclic) bond motifs is 1. The Morgan fingerprint density at radius 1 is 1.56 bits per heavy atom. The summed E-state index contributed by atoms with van der Waals surface area (Å²) in [4.78, 5) is 0. The summed E-state index contributed by atoms with van der Waals surface area (Å²) in [5.41, 5.74) is 1.35. The van der Waals surface area contributed by atoms with E-state index in [0.717, 1.165) is 6.54 Å². The zero-order chi connectivity index (χ0) is 6.10. The van der Waals surface area contributed by atoms with Gasteiger partial charge in [0.15, 0.2) is 0 Å². The van der Waals surface area contributed by atoms with Gasteiger partial charge in [0, 0.05) is 12.2 Å². The van der Waals surface area contributed by atoms with Crippen LogP contribution in [0.5, 0.6) is 0 Å². The fourth-order valence-electron chi connectivity index (χ4n) is 1.27. The summed E-state index contributed by atoms with van der Waals surface area (Å²) in [7, 11) is 0. The van der Waals surface area contributed by atoms with Crippen LogP contribution >= 0.6 is 0 Å². The zero-order valence-corrected chi connectivity index (χ0v) is 5.30. The van der Waals surface area contributed by atoms with E-state index in [1.165, 1.54) is 25.0 Å². The molecule has 47 valence electrons. The molecule has 1 aromatic heterocycles. The average molecular weight is 121 g/mol. The third-order valence-corrected chi connectivity index (χ3v) is 1.79. The summed E-state index contributed by atoms with van der Waals surface area (Å²) in [5, 5.41) is 4.05. The molecule has 0 fully saturated rings. The van der Waals surface area contributed by atoms with Gasteiger partial charge in [-0.15, -0.1) is 0 Å². The van der Waals surface area contributed by atoms with Gasteiger partial charge in [0.2, 0.25) is 0 Å². The molecule has 9 heavy (non-hydrogen) atoms. The molecule has 0 saturated heterocycles. The first-order chi connectivity index (χ1) is 4.47. The highest BCUT2D eigenvalue weighted by Gasteiger charge is 2.06. The van der Waals surface area contributed by atoms with Gasteiger partial charge in [0.25, 0.3) is 0 Å². The van der Waals surface area contributed by atoms with Gasteiger partial charge >= 0.3 is 0 Å². The second-order valence-electron chi connectivity index (χ2n) is 2.45. The lowest BCUT2D eigenvalue weighted by molar-refractivity contribution is 0.486. The molecule has 1 aromatic rings.